The Morgan fingerprint density at radius 1 is 1.26 bits per heavy atom. The lowest BCUT2D eigenvalue weighted by Crippen LogP contribution is -2.22. The third-order valence-electron chi connectivity index (χ3n) is 3.10. The zero-order valence-electron chi connectivity index (χ0n) is 12.6. The standard InChI is InChI=1S/C16H15N3O2S2/c1-10-5-7-12(8-6-10)17-14(20)11(2)23-16-19-18-15(21-16)13-4-3-9-22-13/h3-9,11H,1-2H3,(H,17,20)/t11-/m0/s1. The number of anilines is 1. The molecule has 3 aromatic rings. The van der Waals surface area contributed by atoms with Crippen molar-refractivity contribution in [3.63, 3.8) is 0 Å². The monoisotopic (exact) mass is 345 g/mol. The quantitative estimate of drug-likeness (QED) is 0.701. The van der Waals surface area contributed by atoms with Gasteiger partial charge in [0.05, 0.1) is 10.1 Å². The highest BCUT2D eigenvalue weighted by atomic mass is 32.2. The van der Waals surface area contributed by atoms with Crippen molar-refractivity contribution >= 4 is 34.7 Å². The second-order valence-electron chi connectivity index (χ2n) is 4.97. The lowest BCUT2D eigenvalue weighted by atomic mass is 10.2. The molecule has 1 aromatic carbocycles. The number of amides is 1. The topological polar surface area (TPSA) is 68.0 Å². The first-order chi connectivity index (χ1) is 11.1. The van der Waals surface area contributed by atoms with Gasteiger partial charge < -0.3 is 9.73 Å². The van der Waals surface area contributed by atoms with Gasteiger partial charge in [0.2, 0.25) is 5.91 Å². The van der Waals surface area contributed by atoms with Crippen molar-refractivity contribution in [1.29, 1.82) is 0 Å². The van der Waals surface area contributed by atoms with E-state index in [0.29, 0.717) is 11.1 Å². The van der Waals surface area contributed by atoms with Crippen LogP contribution in [0.25, 0.3) is 10.8 Å². The van der Waals surface area contributed by atoms with Crippen LogP contribution in [0.5, 0.6) is 0 Å². The number of hydrogen-bond donors (Lipinski definition) is 1. The number of thioether (sulfide) groups is 1. The fourth-order valence-electron chi connectivity index (χ4n) is 1.84. The molecule has 0 radical (unpaired) electrons. The Morgan fingerprint density at radius 2 is 2.04 bits per heavy atom. The summed E-state index contributed by atoms with van der Waals surface area (Å²) in [6.07, 6.45) is 0. The van der Waals surface area contributed by atoms with Gasteiger partial charge in [-0.2, -0.15) is 0 Å². The molecule has 0 unspecified atom stereocenters. The van der Waals surface area contributed by atoms with E-state index in [1.165, 1.54) is 23.1 Å². The molecular formula is C16H15N3O2S2. The lowest BCUT2D eigenvalue weighted by molar-refractivity contribution is -0.115. The van der Waals surface area contributed by atoms with Crippen LogP contribution in [0.4, 0.5) is 5.69 Å². The lowest BCUT2D eigenvalue weighted by Gasteiger charge is -2.09. The fourth-order valence-corrected chi connectivity index (χ4v) is 3.17. The molecule has 0 bridgehead atoms. The first kappa shape index (κ1) is 15.8. The Labute approximate surface area is 142 Å². The second kappa shape index (κ2) is 6.97. The smallest absolute Gasteiger partial charge is 0.277 e. The van der Waals surface area contributed by atoms with Crippen LogP contribution in [-0.2, 0) is 4.79 Å². The first-order valence-electron chi connectivity index (χ1n) is 7.03. The van der Waals surface area contributed by atoms with E-state index in [2.05, 4.69) is 15.5 Å². The average molecular weight is 345 g/mol. The third kappa shape index (κ3) is 4.00. The molecule has 0 saturated carbocycles. The molecule has 0 saturated heterocycles. The van der Waals surface area contributed by atoms with Gasteiger partial charge in [-0.3, -0.25) is 4.79 Å². The molecule has 1 amide bonds. The van der Waals surface area contributed by atoms with Crippen molar-refractivity contribution in [3.8, 4) is 10.8 Å². The summed E-state index contributed by atoms with van der Waals surface area (Å²) in [6, 6.07) is 11.5. The van der Waals surface area contributed by atoms with Crippen molar-refractivity contribution in [2.24, 2.45) is 0 Å². The number of nitrogens with zero attached hydrogens (tertiary/aromatic N) is 2. The second-order valence-corrected chi connectivity index (χ2v) is 7.21. The molecule has 23 heavy (non-hydrogen) atoms. The van der Waals surface area contributed by atoms with Crippen molar-refractivity contribution < 1.29 is 9.21 Å². The van der Waals surface area contributed by atoms with Crippen molar-refractivity contribution in [3.05, 3.63) is 47.3 Å². The number of aryl methyl sites for hydroxylation is 1. The highest BCUT2D eigenvalue weighted by molar-refractivity contribution is 8.00. The van der Waals surface area contributed by atoms with E-state index in [0.717, 1.165) is 16.1 Å². The molecule has 0 aliphatic heterocycles. The molecule has 1 atom stereocenters. The Bertz CT molecular complexity index is 782. The van der Waals surface area contributed by atoms with Crippen molar-refractivity contribution in [2.45, 2.75) is 24.3 Å². The Hall–Kier alpha value is -2.12. The van der Waals surface area contributed by atoms with E-state index in [9.17, 15) is 4.79 Å². The predicted octanol–water partition coefficient (Wildman–Crippen LogP) is 4.23. The average Bonchev–Trinajstić information content (AvgIpc) is 3.20. The number of benzene rings is 1. The van der Waals surface area contributed by atoms with E-state index in [-0.39, 0.29) is 11.2 Å². The van der Waals surface area contributed by atoms with Crippen molar-refractivity contribution in [2.75, 3.05) is 5.32 Å². The Morgan fingerprint density at radius 3 is 2.74 bits per heavy atom. The minimum atomic E-state index is -0.340. The molecule has 0 aliphatic carbocycles. The molecular weight excluding hydrogens is 330 g/mol. The van der Waals surface area contributed by atoms with Gasteiger partial charge in [-0.25, -0.2) is 0 Å². The van der Waals surface area contributed by atoms with E-state index in [4.69, 9.17) is 4.42 Å². The minimum absolute atomic E-state index is 0.102. The number of carbonyl (C=O) groups excluding carboxylic acids is 1. The Balaban J connectivity index is 1.61. The minimum Gasteiger partial charge on any atom is -0.410 e. The van der Waals surface area contributed by atoms with Crippen LogP contribution in [0.2, 0.25) is 0 Å². The number of carbonyl (C=O) groups is 1. The summed E-state index contributed by atoms with van der Waals surface area (Å²) in [6.45, 7) is 3.81. The maximum Gasteiger partial charge on any atom is 0.277 e. The van der Waals surface area contributed by atoms with E-state index < -0.39 is 0 Å². The summed E-state index contributed by atoms with van der Waals surface area (Å²) in [4.78, 5) is 13.1. The van der Waals surface area contributed by atoms with Crippen molar-refractivity contribution in [1.82, 2.24) is 10.2 Å². The predicted molar refractivity (Wildman–Crippen MR) is 92.7 cm³/mol. The number of hydrogen-bond acceptors (Lipinski definition) is 6. The van der Waals surface area contributed by atoms with E-state index in [1.54, 1.807) is 0 Å². The van der Waals surface area contributed by atoms with Gasteiger partial charge >= 0.3 is 0 Å². The number of aromatic nitrogens is 2. The van der Waals surface area contributed by atoms with Crippen LogP contribution in [0.3, 0.4) is 0 Å². The zero-order chi connectivity index (χ0) is 16.2. The largest absolute Gasteiger partial charge is 0.410 e. The van der Waals surface area contributed by atoms with Gasteiger partial charge in [0.15, 0.2) is 0 Å². The van der Waals surface area contributed by atoms with E-state index in [1.807, 2.05) is 55.6 Å². The zero-order valence-corrected chi connectivity index (χ0v) is 14.3. The summed E-state index contributed by atoms with van der Waals surface area (Å²) < 4.78 is 5.59. The van der Waals surface area contributed by atoms with Gasteiger partial charge in [-0.1, -0.05) is 35.5 Å². The number of nitrogens with one attached hydrogen (secondary N) is 1. The SMILES string of the molecule is Cc1ccc(NC(=O)[C@H](C)Sc2nnc(-c3cccs3)o2)cc1. The molecule has 0 fully saturated rings. The molecule has 1 N–H and O–H groups in total. The fraction of sp³-hybridized carbons (Fsp3) is 0.188. The summed E-state index contributed by atoms with van der Waals surface area (Å²) in [5.74, 6) is 0.378. The third-order valence-corrected chi connectivity index (χ3v) is 4.90. The summed E-state index contributed by atoms with van der Waals surface area (Å²) in [7, 11) is 0. The molecule has 7 heteroatoms. The highest BCUT2D eigenvalue weighted by Crippen LogP contribution is 2.28. The Kier molecular flexibility index (Phi) is 4.78. The van der Waals surface area contributed by atoms with Crippen LogP contribution >= 0.6 is 23.1 Å². The molecule has 118 valence electrons. The molecule has 3 rings (SSSR count). The van der Waals surface area contributed by atoms with Crippen LogP contribution in [0.15, 0.2) is 51.4 Å². The van der Waals surface area contributed by atoms with Gasteiger partial charge in [0.25, 0.3) is 11.1 Å². The number of rotatable bonds is 5. The maximum absolute atomic E-state index is 12.2. The first-order valence-corrected chi connectivity index (χ1v) is 8.79. The van der Waals surface area contributed by atoms with Gasteiger partial charge in [0.1, 0.15) is 0 Å². The molecule has 2 heterocycles. The number of thiophene rings is 1. The van der Waals surface area contributed by atoms with Gasteiger partial charge in [0, 0.05) is 5.69 Å². The maximum atomic E-state index is 12.2. The normalized spacial score (nSPS) is 12.1. The summed E-state index contributed by atoms with van der Waals surface area (Å²) in [5.41, 5.74) is 1.93. The van der Waals surface area contributed by atoms with Gasteiger partial charge in [-0.05, 0) is 37.4 Å². The van der Waals surface area contributed by atoms with Crippen LogP contribution < -0.4 is 5.32 Å². The van der Waals surface area contributed by atoms with Gasteiger partial charge in [-0.15, -0.1) is 21.5 Å². The highest BCUT2D eigenvalue weighted by Gasteiger charge is 2.19. The van der Waals surface area contributed by atoms with E-state index >= 15 is 0 Å². The molecule has 2 aromatic heterocycles. The van der Waals surface area contributed by atoms with Crippen LogP contribution in [0.1, 0.15) is 12.5 Å². The summed E-state index contributed by atoms with van der Waals surface area (Å²) in [5, 5.41) is 12.9. The van der Waals surface area contributed by atoms with Crippen LogP contribution in [0, 0.1) is 6.92 Å². The summed E-state index contributed by atoms with van der Waals surface area (Å²) >= 11 is 2.78. The molecule has 0 aliphatic rings. The molecule has 5 nitrogen and oxygen atoms in total. The molecule has 0 spiro atoms. The van der Waals surface area contributed by atoms with Crippen LogP contribution in [-0.4, -0.2) is 21.4 Å².